The summed E-state index contributed by atoms with van der Waals surface area (Å²) in [5, 5.41) is 5.36. The summed E-state index contributed by atoms with van der Waals surface area (Å²) in [6.45, 7) is 13.8. The summed E-state index contributed by atoms with van der Waals surface area (Å²) in [6, 6.07) is -1.93. The van der Waals surface area contributed by atoms with Gasteiger partial charge in [-0.25, -0.2) is 0 Å². The monoisotopic (exact) mass is 877 g/mol. The third-order valence-corrected chi connectivity index (χ3v) is 12.7. The molecule has 1 fully saturated rings. The van der Waals surface area contributed by atoms with Crippen molar-refractivity contribution < 1.29 is 28.7 Å². The molecule has 0 saturated carbocycles. The normalized spacial score (nSPS) is 15.3. The summed E-state index contributed by atoms with van der Waals surface area (Å²) in [7, 11) is 0. The number of amides is 2. The maximum absolute atomic E-state index is 12.9. The van der Waals surface area contributed by atoms with Crippen LogP contribution in [0.5, 0.6) is 0 Å². The highest BCUT2D eigenvalue weighted by Gasteiger charge is 2.35. The van der Waals surface area contributed by atoms with Crippen molar-refractivity contribution in [2.75, 3.05) is 52.5 Å². The van der Waals surface area contributed by atoms with Crippen LogP contribution in [0.1, 0.15) is 246 Å². The second-order valence-corrected chi connectivity index (χ2v) is 18.6. The molecular formula is C52H100N4O6. The Labute approximate surface area is 382 Å². The van der Waals surface area contributed by atoms with E-state index in [9.17, 15) is 19.2 Å². The molecule has 2 N–H and O–H groups in total. The van der Waals surface area contributed by atoms with Gasteiger partial charge >= 0.3 is 11.9 Å². The first-order valence-corrected chi connectivity index (χ1v) is 26.7. The van der Waals surface area contributed by atoms with E-state index in [2.05, 4.69) is 48.1 Å². The van der Waals surface area contributed by atoms with E-state index in [4.69, 9.17) is 9.47 Å². The van der Waals surface area contributed by atoms with E-state index in [0.717, 1.165) is 51.9 Å². The third-order valence-electron chi connectivity index (χ3n) is 12.7. The van der Waals surface area contributed by atoms with Gasteiger partial charge in [0.2, 0.25) is 11.8 Å². The van der Waals surface area contributed by atoms with E-state index < -0.39 is 23.9 Å². The Hall–Kier alpha value is -2.20. The lowest BCUT2D eigenvalue weighted by atomic mass is 10.1. The number of carbonyl (C=O) groups is 4. The van der Waals surface area contributed by atoms with Gasteiger partial charge in [-0.3, -0.25) is 19.2 Å². The largest absolute Gasteiger partial charge is 0.463 e. The van der Waals surface area contributed by atoms with E-state index >= 15 is 0 Å². The maximum atomic E-state index is 12.9. The first kappa shape index (κ1) is 57.8. The van der Waals surface area contributed by atoms with Gasteiger partial charge in [-0.2, -0.15) is 0 Å². The number of esters is 2. The van der Waals surface area contributed by atoms with Crippen molar-refractivity contribution in [3.63, 3.8) is 0 Å². The molecule has 1 aliphatic rings. The van der Waals surface area contributed by atoms with E-state index in [1.54, 1.807) is 0 Å². The molecule has 0 aromatic rings. The highest BCUT2D eigenvalue weighted by molar-refractivity contribution is 5.97. The fraction of sp³-hybridized carbons (Fsp3) is 0.923. The summed E-state index contributed by atoms with van der Waals surface area (Å²) >= 11 is 0. The molecule has 1 saturated heterocycles. The minimum absolute atomic E-state index is 0.216. The van der Waals surface area contributed by atoms with Crippen molar-refractivity contribution in [1.82, 2.24) is 20.4 Å². The van der Waals surface area contributed by atoms with Crippen LogP contribution in [0.15, 0.2) is 0 Å². The zero-order chi connectivity index (χ0) is 45.1. The first-order chi connectivity index (χ1) is 30.3. The number of hydrogen-bond acceptors (Lipinski definition) is 8. The molecule has 10 nitrogen and oxygen atoms in total. The number of ether oxygens (including phenoxy) is 2. The summed E-state index contributed by atoms with van der Waals surface area (Å²) in [5.41, 5.74) is 0. The molecule has 0 radical (unpaired) electrons. The molecule has 0 bridgehead atoms. The Kier molecular flexibility index (Phi) is 39.9. The van der Waals surface area contributed by atoms with Crippen LogP contribution >= 0.6 is 0 Å². The van der Waals surface area contributed by atoms with Crippen LogP contribution in [0.2, 0.25) is 0 Å². The van der Waals surface area contributed by atoms with Gasteiger partial charge < -0.3 is 29.9 Å². The summed E-state index contributed by atoms with van der Waals surface area (Å²) < 4.78 is 11.0. The standard InChI is InChI=1S/C52H100N4O6/c1-5-9-13-17-21-25-29-33-39-55(40-34-30-26-22-18-14-10-6-2)43-37-49(57)61-45-47-51(59)54-48(52(60)53-47)46-62-50(58)38-44-56(41-35-31-27-23-19-15-11-7-3)42-36-32-28-24-20-16-12-8-4/h47-48H,5-46H2,1-4H3,(H,53,60)(H,54,59)/t47-,48-/m0/s1. The lowest BCUT2D eigenvalue weighted by Crippen LogP contribution is -2.64. The number of hydrogen-bond donors (Lipinski definition) is 2. The van der Waals surface area contributed by atoms with Gasteiger partial charge in [-0.1, -0.05) is 207 Å². The van der Waals surface area contributed by atoms with E-state index in [1.165, 1.54) is 180 Å². The molecule has 0 aliphatic carbocycles. The zero-order valence-corrected chi connectivity index (χ0v) is 41.2. The quantitative estimate of drug-likeness (QED) is 0.0459. The van der Waals surface area contributed by atoms with Crippen LogP contribution in [-0.4, -0.2) is 98.1 Å². The number of piperazine rings is 1. The van der Waals surface area contributed by atoms with Crippen molar-refractivity contribution in [1.29, 1.82) is 0 Å². The average Bonchev–Trinajstić information content (AvgIpc) is 3.27. The van der Waals surface area contributed by atoms with Gasteiger partial charge in [-0.15, -0.1) is 0 Å². The Bertz CT molecular complexity index is 954. The number of nitrogens with zero attached hydrogens (tertiary/aromatic N) is 2. The molecular weight excluding hydrogens is 777 g/mol. The number of carbonyl (C=O) groups excluding carboxylic acids is 4. The predicted octanol–water partition coefficient (Wildman–Crippen LogP) is 12.0. The number of rotatable bonds is 46. The van der Waals surface area contributed by atoms with Crippen LogP contribution in [0.25, 0.3) is 0 Å². The summed E-state index contributed by atoms with van der Waals surface area (Å²) in [6.07, 6.45) is 41.3. The van der Waals surface area contributed by atoms with Gasteiger partial charge in [0.05, 0.1) is 12.8 Å². The average molecular weight is 877 g/mol. The van der Waals surface area contributed by atoms with Crippen LogP contribution in [0.3, 0.4) is 0 Å². The smallest absolute Gasteiger partial charge is 0.307 e. The minimum Gasteiger partial charge on any atom is -0.463 e. The molecule has 0 aromatic heterocycles. The number of nitrogens with one attached hydrogen (secondary N) is 2. The highest BCUT2D eigenvalue weighted by Crippen LogP contribution is 2.14. The lowest BCUT2D eigenvalue weighted by molar-refractivity contribution is -0.152. The number of unbranched alkanes of at least 4 members (excludes halogenated alkanes) is 28. The van der Waals surface area contributed by atoms with Crippen LogP contribution in [-0.2, 0) is 28.7 Å². The van der Waals surface area contributed by atoms with Crippen molar-refractivity contribution in [3.05, 3.63) is 0 Å². The van der Waals surface area contributed by atoms with Gasteiger partial charge in [0.1, 0.15) is 25.3 Å². The van der Waals surface area contributed by atoms with Crippen molar-refractivity contribution in [2.45, 2.75) is 258 Å². The molecule has 364 valence electrons. The lowest BCUT2D eigenvalue weighted by Gasteiger charge is -2.29. The summed E-state index contributed by atoms with van der Waals surface area (Å²) in [4.78, 5) is 56.4. The molecule has 0 unspecified atom stereocenters. The fourth-order valence-electron chi connectivity index (χ4n) is 8.45. The molecule has 1 aliphatic heterocycles. The topological polar surface area (TPSA) is 117 Å². The molecule has 10 heteroatoms. The molecule has 0 aromatic carbocycles. The van der Waals surface area contributed by atoms with Gasteiger partial charge in [0.15, 0.2) is 0 Å². The van der Waals surface area contributed by atoms with Crippen molar-refractivity contribution in [3.8, 4) is 0 Å². The second kappa shape index (κ2) is 42.7. The Morgan fingerprint density at radius 3 is 0.839 bits per heavy atom. The summed E-state index contributed by atoms with van der Waals surface area (Å²) in [5.74, 6) is -1.60. The molecule has 62 heavy (non-hydrogen) atoms. The van der Waals surface area contributed by atoms with Crippen molar-refractivity contribution >= 4 is 23.8 Å². The third kappa shape index (κ3) is 34.2. The minimum atomic E-state index is -0.967. The Balaban J connectivity index is 2.46. The van der Waals surface area contributed by atoms with E-state index in [-0.39, 0.29) is 38.0 Å². The molecule has 2 amide bonds. The SMILES string of the molecule is CCCCCCCCCCN(CCCCCCCCCC)CCC(=O)OC[C@@H]1NC(=O)[C@H](COC(=O)CCN(CCCCCCCCCC)CCCCCCCCCC)NC1=O. The molecule has 0 spiro atoms. The van der Waals surface area contributed by atoms with Crippen LogP contribution in [0.4, 0.5) is 0 Å². The first-order valence-electron chi connectivity index (χ1n) is 26.7. The Morgan fingerprint density at radius 2 is 0.597 bits per heavy atom. The molecule has 1 heterocycles. The maximum Gasteiger partial charge on any atom is 0.307 e. The highest BCUT2D eigenvalue weighted by atomic mass is 16.5. The van der Waals surface area contributed by atoms with Gasteiger partial charge in [-0.05, 0) is 51.9 Å². The van der Waals surface area contributed by atoms with E-state index in [1.807, 2.05) is 0 Å². The van der Waals surface area contributed by atoms with Crippen LogP contribution in [0, 0.1) is 0 Å². The second-order valence-electron chi connectivity index (χ2n) is 18.6. The molecule has 1 rings (SSSR count). The van der Waals surface area contributed by atoms with Gasteiger partial charge in [0, 0.05) is 13.1 Å². The Morgan fingerprint density at radius 1 is 0.371 bits per heavy atom. The van der Waals surface area contributed by atoms with Gasteiger partial charge in [0.25, 0.3) is 0 Å². The van der Waals surface area contributed by atoms with Crippen LogP contribution < -0.4 is 10.6 Å². The predicted molar refractivity (Wildman–Crippen MR) is 258 cm³/mol. The van der Waals surface area contributed by atoms with Crippen molar-refractivity contribution in [2.24, 2.45) is 0 Å². The van der Waals surface area contributed by atoms with E-state index in [0.29, 0.717) is 13.1 Å². The molecule has 2 atom stereocenters. The zero-order valence-electron chi connectivity index (χ0n) is 41.2. The fourth-order valence-corrected chi connectivity index (χ4v) is 8.45.